The third-order valence-corrected chi connectivity index (χ3v) is 4.81. The Kier molecular flexibility index (Phi) is 3.44. The first-order valence-electron chi connectivity index (χ1n) is 5.81. The quantitative estimate of drug-likeness (QED) is 0.698. The Bertz CT molecular complexity index is 665. The topological polar surface area (TPSA) is 89.3 Å². The molecular formula is C11H15N3O4S. The highest BCUT2D eigenvalue weighted by Crippen LogP contribution is 2.17. The third kappa shape index (κ3) is 2.83. The predicted molar refractivity (Wildman–Crippen MR) is 68.6 cm³/mol. The van der Waals surface area contributed by atoms with Crippen LogP contribution in [0.5, 0.6) is 0 Å². The Morgan fingerprint density at radius 1 is 1.42 bits per heavy atom. The maximum Gasteiger partial charge on any atom is 0.274 e. The summed E-state index contributed by atoms with van der Waals surface area (Å²) < 4.78 is 24.0. The van der Waals surface area contributed by atoms with Crippen molar-refractivity contribution in [3.63, 3.8) is 0 Å². The summed E-state index contributed by atoms with van der Waals surface area (Å²) in [6.45, 7) is 0.573. The summed E-state index contributed by atoms with van der Waals surface area (Å²) in [4.78, 5) is 24.8. The van der Waals surface area contributed by atoms with E-state index in [0.29, 0.717) is 13.0 Å². The molecule has 1 aromatic rings. The van der Waals surface area contributed by atoms with Gasteiger partial charge in [0.15, 0.2) is 9.84 Å². The zero-order chi connectivity index (χ0) is 14.2. The van der Waals surface area contributed by atoms with E-state index in [9.17, 15) is 18.0 Å². The van der Waals surface area contributed by atoms with Crippen molar-refractivity contribution in [2.24, 2.45) is 7.05 Å². The molecule has 1 aromatic heterocycles. The van der Waals surface area contributed by atoms with Gasteiger partial charge in [0.1, 0.15) is 5.69 Å². The van der Waals surface area contributed by atoms with Crippen LogP contribution >= 0.6 is 0 Å². The molecule has 1 atom stereocenters. The third-order valence-electron chi connectivity index (χ3n) is 3.22. The monoisotopic (exact) mass is 285 g/mol. The second-order valence-corrected chi connectivity index (χ2v) is 7.00. The minimum atomic E-state index is -3.14. The molecule has 1 aliphatic heterocycles. The van der Waals surface area contributed by atoms with Crippen LogP contribution in [0.2, 0.25) is 0 Å². The molecule has 1 unspecified atom stereocenters. The van der Waals surface area contributed by atoms with E-state index in [0.717, 1.165) is 4.68 Å². The fourth-order valence-corrected chi connectivity index (χ4v) is 3.02. The molecule has 7 nitrogen and oxygen atoms in total. The van der Waals surface area contributed by atoms with Crippen molar-refractivity contribution in [2.75, 3.05) is 19.3 Å². The van der Waals surface area contributed by atoms with E-state index in [-0.39, 0.29) is 23.7 Å². The summed E-state index contributed by atoms with van der Waals surface area (Å²) >= 11 is 0. The molecule has 2 heterocycles. The number of hydrogen-bond donors (Lipinski definition) is 0. The van der Waals surface area contributed by atoms with E-state index in [1.807, 2.05) is 0 Å². The smallest absolute Gasteiger partial charge is 0.274 e. The molecule has 0 N–H and O–H groups in total. The molecule has 0 spiro atoms. The van der Waals surface area contributed by atoms with E-state index >= 15 is 0 Å². The molecule has 0 radical (unpaired) electrons. The van der Waals surface area contributed by atoms with Crippen molar-refractivity contribution in [3.8, 4) is 0 Å². The summed E-state index contributed by atoms with van der Waals surface area (Å²) in [5.74, 6) is -0.346. The molecule has 1 amide bonds. The normalized spacial score (nSPS) is 19.7. The molecule has 0 aliphatic carbocycles. The Labute approximate surface area is 110 Å². The first kappa shape index (κ1) is 13.7. The minimum absolute atomic E-state index is 0.149. The van der Waals surface area contributed by atoms with Crippen LogP contribution in [0, 0.1) is 0 Å². The highest BCUT2D eigenvalue weighted by Gasteiger charge is 2.33. The van der Waals surface area contributed by atoms with Gasteiger partial charge < -0.3 is 4.90 Å². The van der Waals surface area contributed by atoms with Gasteiger partial charge in [-0.15, -0.1) is 0 Å². The molecule has 0 bridgehead atoms. The lowest BCUT2D eigenvalue weighted by Gasteiger charge is -2.15. The number of sulfone groups is 1. The number of nitrogens with zero attached hydrogens (tertiary/aromatic N) is 3. The van der Waals surface area contributed by atoms with Gasteiger partial charge in [-0.25, -0.2) is 13.1 Å². The van der Waals surface area contributed by atoms with Crippen LogP contribution in [0.3, 0.4) is 0 Å². The number of amides is 1. The maximum atomic E-state index is 12.1. The van der Waals surface area contributed by atoms with Crippen molar-refractivity contribution >= 4 is 15.7 Å². The van der Waals surface area contributed by atoms with Gasteiger partial charge in [0, 0.05) is 32.5 Å². The first-order valence-corrected chi connectivity index (χ1v) is 7.77. The Morgan fingerprint density at radius 2 is 2.11 bits per heavy atom. The van der Waals surface area contributed by atoms with Crippen molar-refractivity contribution in [1.29, 1.82) is 0 Å². The number of aryl methyl sites for hydroxylation is 1. The summed E-state index contributed by atoms with van der Waals surface area (Å²) in [6.07, 6.45) is 1.62. The second kappa shape index (κ2) is 4.76. The summed E-state index contributed by atoms with van der Waals surface area (Å²) in [5, 5.41) is 3.36. The van der Waals surface area contributed by atoms with Crippen LogP contribution in [-0.2, 0) is 16.9 Å². The highest BCUT2D eigenvalue weighted by molar-refractivity contribution is 7.91. The zero-order valence-electron chi connectivity index (χ0n) is 10.7. The number of carbonyl (C=O) groups excluding carboxylic acids is 1. The standard InChI is InChI=1S/C11H15N3O4S/c1-13-10(15)4-3-9(12-13)11(16)14-6-5-8(7-14)19(2,17)18/h3-4,8H,5-7H2,1-2H3. The van der Waals surface area contributed by atoms with Crippen molar-refractivity contribution in [3.05, 3.63) is 28.2 Å². The van der Waals surface area contributed by atoms with Gasteiger partial charge in [-0.3, -0.25) is 9.59 Å². The Morgan fingerprint density at radius 3 is 2.63 bits per heavy atom. The van der Waals surface area contributed by atoms with Crippen LogP contribution < -0.4 is 5.56 Å². The predicted octanol–water partition coefficient (Wildman–Crippen LogP) is -0.961. The first-order chi connectivity index (χ1) is 8.79. The lowest BCUT2D eigenvalue weighted by molar-refractivity contribution is 0.0785. The molecule has 2 rings (SSSR count). The molecule has 8 heteroatoms. The molecule has 1 fully saturated rings. The van der Waals surface area contributed by atoms with E-state index in [4.69, 9.17) is 0 Å². The van der Waals surface area contributed by atoms with Crippen LogP contribution in [0.4, 0.5) is 0 Å². The Balaban J connectivity index is 2.18. The molecule has 104 valence electrons. The molecule has 1 aliphatic rings. The van der Waals surface area contributed by atoms with E-state index < -0.39 is 15.1 Å². The van der Waals surface area contributed by atoms with Crippen LogP contribution in [-0.4, -0.2) is 53.6 Å². The average molecular weight is 285 g/mol. The number of likely N-dealkylation sites (tertiary alicyclic amines) is 1. The number of carbonyl (C=O) groups is 1. The van der Waals surface area contributed by atoms with E-state index in [1.165, 1.54) is 30.3 Å². The largest absolute Gasteiger partial charge is 0.336 e. The number of hydrogen-bond acceptors (Lipinski definition) is 5. The lowest BCUT2D eigenvalue weighted by atomic mass is 10.3. The van der Waals surface area contributed by atoms with Crippen LogP contribution in [0.15, 0.2) is 16.9 Å². The molecule has 0 saturated carbocycles. The second-order valence-electron chi connectivity index (χ2n) is 4.67. The summed E-state index contributed by atoms with van der Waals surface area (Å²) in [7, 11) is -1.67. The van der Waals surface area contributed by atoms with Gasteiger partial charge in [-0.05, 0) is 12.5 Å². The van der Waals surface area contributed by atoms with Gasteiger partial charge in [0.25, 0.3) is 11.5 Å². The zero-order valence-corrected chi connectivity index (χ0v) is 11.6. The molecule has 0 aromatic carbocycles. The average Bonchev–Trinajstić information content (AvgIpc) is 2.81. The van der Waals surface area contributed by atoms with Gasteiger partial charge in [0.05, 0.1) is 5.25 Å². The Hall–Kier alpha value is -1.70. The van der Waals surface area contributed by atoms with Gasteiger partial charge >= 0.3 is 0 Å². The fourth-order valence-electron chi connectivity index (χ4n) is 2.04. The van der Waals surface area contributed by atoms with Crippen molar-refractivity contribution in [2.45, 2.75) is 11.7 Å². The SMILES string of the molecule is Cn1nc(C(=O)N2CCC(S(C)(=O)=O)C2)ccc1=O. The van der Waals surface area contributed by atoms with Crippen molar-refractivity contribution in [1.82, 2.24) is 14.7 Å². The molecular weight excluding hydrogens is 270 g/mol. The minimum Gasteiger partial charge on any atom is -0.336 e. The van der Waals surface area contributed by atoms with Crippen LogP contribution in [0.25, 0.3) is 0 Å². The number of rotatable bonds is 2. The fraction of sp³-hybridized carbons (Fsp3) is 0.545. The molecule has 1 saturated heterocycles. The van der Waals surface area contributed by atoms with Crippen LogP contribution in [0.1, 0.15) is 16.9 Å². The number of aromatic nitrogens is 2. The summed E-state index contributed by atoms with van der Waals surface area (Å²) in [5.41, 5.74) is -0.150. The van der Waals surface area contributed by atoms with Crippen molar-refractivity contribution < 1.29 is 13.2 Å². The highest BCUT2D eigenvalue weighted by atomic mass is 32.2. The van der Waals surface area contributed by atoms with Gasteiger partial charge in [-0.2, -0.15) is 5.10 Å². The summed E-state index contributed by atoms with van der Waals surface area (Å²) in [6, 6.07) is 2.63. The van der Waals surface area contributed by atoms with Gasteiger partial charge in [0.2, 0.25) is 0 Å². The lowest BCUT2D eigenvalue weighted by Crippen LogP contribution is -2.33. The van der Waals surface area contributed by atoms with E-state index in [1.54, 1.807) is 0 Å². The van der Waals surface area contributed by atoms with E-state index in [2.05, 4.69) is 5.10 Å². The van der Waals surface area contributed by atoms with Gasteiger partial charge in [-0.1, -0.05) is 0 Å². The molecule has 19 heavy (non-hydrogen) atoms. The maximum absolute atomic E-state index is 12.1.